The van der Waals surface area contributed by atoms with Gasteiger partial charge in [-0.15, -0.1) is 0 Å². The van der Waals surface area contributed by atoms with Crippen LogP contribution in [-0.2, 0) is 6.61 Å². The minimum Gasteiger partial charge on any atom is -0.444 e. The predicted molar refractivity (Wildman–Crippen MR) is 64.5 cm³/mol. The van der Waals surface area contributed by atoms with E-state index in [9.17, 15) is 4.79 Å². The van der Waals surface area contributed by atoms with Gasteiger partial charge in [0.15, 0.2) is 10.4 Å². The van der Waals surface area contributed by atoms with Gasteiger partial charge in [-0.2, -0.15) is 0 Å². The lowest BCUT2D eigenvalue weighted by Crippen LogP contribution is -2.12. The summed E-state index contributed by atoms with van der Waals surface area (Å²) in [5.41, 5.74) is 1.06. The third-order valence-electron chi connectivity index (χ3n) is 2.13. The van der Waals surface area contributed by atoms with Crippen molar-refractivity contribution >= 4 is 27.5 Å². The van der Waals surface area contributed by atoms with Gasteiger partial charge in [-0.1, -0.05) is 0 Å². The Morgan fingerprint density at radius 1 is 1.47 bits per heavy atom. The van der Waals surface area contributed by atoms with Gasteiger partial charge < -0.3 is 14.8 Å². The molecule has 88 valence electrons. The summed E-state index contributed by atoms with van der Waals surface area (Å²) in [6.45, 7) is -0.167. The number of carbonyl (C=O) groups excluding carboxylic acids is 1. The number of amides is 1. The Morgan fingerprint density at radius 2 is 2.29 bits per heavy atom. The van der Waals surface area contributed by atoms with Crippen molar-refractivity contribution in [3.05, 3.63) is 46.6 Å². The van der Waals surface area contributed by atoms with Crippen molar-refractivity contribution in [1.29, 1.82) is 0 Å². The highest BCUT2D eigenvalue weighted by Crippen LogP contribution is 2.17. The van der Waals surface area contributed by atoms with Crippen LogP contribution in [0.3, 0.4) is 0 Å². The van der Waals surface area contributed by atoms with Crippen LogP contribution in [0.25, 0.3) is 0 Å². The minimum absolute atomic E-state index is 0.167. The van der Waals surface area contributed by atoms with Gasteiger partial charge in [0.1, 0.15) is 0 Å². The monoisotopic (exact) mass is 296 g/mol. The highest BCUT2D eigenvalue weighted by atomic mass is 79.9. The first kappa shape index (κ1) is 11.8. The molecule has 0 aliphatic rings. The second kappa shape index (κ2) is 5.11. The number of hydrogen-bond donors (Lipinski definition) is 2. The Labute approximate surface area is 106 Å². The lowest BCUT2D eigenvalue weighted by Gasteiger charge is -2.06. The third kappa shape index (κ3) is 2.72. The molecule has 0 aliphatic carbocycles. The largest absolute Gasteiger partial charge is 0.444 e. The highest BCUT2D eigenvalue weighted by molar-refractivity contribution is 9.10. The molecule has 2 rings (SSSR count). The normalized spacial score (nSPS) is 10.2. The average Bonchev–Trinajstić information content (AvgIpc) is 2.77. The zero-order valence-electron chi connectivity index (χ0n) is 8.68. The highest BCUT2D eigenvalue weighted by Gasteiger charge is 2.12. The zero-order chi connectivity index (χ0) is 12.3. The second-order valence-corrected chi connectivity index (χ2v) is 4.03. The number of aromatic nitrogens is 1. The molecule has 2 aromatic heterocycles. The fourth-order valence-corrected chi connectivity index (χ4v) is 1.60. The van der Waals surface area contributed by atoms with Crippen LogP contribution in [0, 0.1) is 0 Å². The van der Waals surface area contributed by atoms with Crippen LogP contribution in [0.4, 0.5) is 5.69 Å². The van der Waals surface area contributed by atoms with E-state index in [4.69, 9.17) is 9.52 Å². The number of halogens is 1. The van der Waals surface area contributed by atoms with E-state index in [1.54, 1.807) is 24.4 Å². The quantitative estimate of drug-likeness (QED) is 0.910. The number of furan rings is 1. The van der Waals surface area contributed by atoms with E-state index in [1.165, 1.54) is 6.20 Å². The number of aliphatic hydroxyl groups is 1. The summed E-state index contributed by atoms with van der Waals surface area (Å²) >= 11 is 3.11. The fraction of sp³-hybridized carbons (Fsp3) is 0.0909. The summed E-state index contributed by atoms with van der Waals surface area (Å²) in [4.78, 5) is 15.6. The van der Waals surface area contributed by atoms with Crippen LogP contribution < -0.4 is 5.32 Å². The number of anilines is 1. The summed E-state index contributed by atoms with van der Waals surface area (Å²) in [6.07, 6.45) is 3.02. The number of aliphatic hydroxyl groups excluding tert-OH is 1. The van der Waals surface area contributed by atoms with Crippen molar-refractivity contribution < 1.29 is 14.3 Å². The van der Waals surface area contributed by atoms with Crippen LogP contribution in [0.15, 0.2) is 39.7 Å². The standard InChI is InChI=1S/C11H9BrN2O3/c12-10-2-1-9(17-10)11(16)14-8-5-13-4-3-7(8)6-15/h1-5,15H,6H2,(H,14,16). The predicted octanol–water partition coefficient (Wildman–Crippen LogP) is 2.18. The van der Waals surface area contributed by atoms with Gasteiger partial charge in [0.05, 0.1) is 18.5 Å². The van der Waals surface area contributed by atoms with E-state index in [-0.39, 0.29) is 12.4 Å². The number of rotatable bonds is 3. The maximum Gasteiger partial charge on any atom is 0.291 e. The molecular formula is C11H9BrN2O3. The molecule has 0 fully saturated rings. The van der Waals surface area contributed by atoms with Crippen LogP contribution in [0.1, 0.15) is 16.1 Å². The molecule has 0 saturated carbocycles. The van der Waals surface area contributed by atoms with Gasteiger partial charge in [0, 0.05) is 11.8 Å². The van der Waals surface area contributed by atoms with Gasteiger partial charge >= 0.3 is 0 Å². The Kier molecular flexibility index (Phi) is 3.55. The molecule has 5 nitrogen and oxygen atoms in total. The van der Waals surface area contributed by atoms with Crippen molar-refractivity contribution in [2.24, 2.45) is 0 Å². The van der Waals surface area contributed by atoms with Gasteiger partial charge in [-0.05, 0) is 34.1 Å². The lowest BCUT2D eigenvalue weighted by molar-refractivity contribution is 0.0995. The summed E-state index contributed by atoms with van der Waals surface area (Å²) < 4.78 is 5.60. The number of nitrogens with zero attached hydrogens (tertiary/aromatic N) is 1. The van der Waals surface area contributed by atoms with Gasteiger partial charge in [-0.25, -0.2) is 0 Å². The molecule has 1 amide bonds. The maximum atomic E-state index is 11.8. The molecule has 2 N–H and O–H groups in total. The summed E-state index contributed by atoms with van der Waals surface area (Å²) in [6, 6.07) is 4.81. The molecule has 2 aromatic rings. The van der Waals surface area contributed by atoms with Crippen molar-refractivity contribution in [3.63, 3.8) is 0 Å². The van der Waals surface area contributed by atoms with Crippen LogP contribution in [-0.4, -0.2) is 16.0 Å². The van der Waals surface area contributed by atoms with Gasteiger partial charge in [0.2, 0.25) is 0 Å². The molecular weight excluding hydrogens is 288 g/mol. The first-order chi connectivity index (χ1) is 8.20. The van der Waals surface area contributed by atoms with Crippen molar-refractivity contribution in [2.45, 2.75) is 6.61 Å². The number of nitrogens with one attached hydrogen (secondary N) is 1. The van der Waals surface area contributed by atoms with Gasteiger partial charge in [0.25, 0.3) is 5.91 Å². The third-order valence-corrected chi connectivity index (χ3v) is 2.55. The Hall–Kier alpha value is -1.66. The summed E-state index contributed by atoms with van der Waals surface area (Å²) in [5.74, 6) is -0.206. The van der Waals surface area contributed by atoms with E-state index >= 15 is 0 Å². The molecule has 0 spiro atoms. The minimum atomic E-state index is -0.390. The number of carbonyl (C=O) groups is 1. The molecule has 0 atom stereocenters. The van der Waals surface area contributed by atoms with Gasteiger partial charge in [-0.3, -0.25) is 9.78 Å². The summed E-state index contributed by atoms with van der Waals surface area (Å²) in [5, 5.41) is 11.7. The SMILES string of the molecule is O=C(Nc1cnccc1CO)c1ccc(Br)o1. The van der Waals surface area contributed by atoms with Crippen LogP contribution >= 0.6 is 15.9 Å². The van der Waals surface area contributed by atoms with E-state index in [0.29, 0.717) is 15.9 Å². The fourth-order valence-electron chi connectivity index (χ4n) is 1.29. The average molecular weight is 297 g/mol. The molecule has 0 saturated heterocycles. The van der Waals surface area contributed by atoms with Crippen molar-refractivity contribution in [1.82, 2.24) is 4.98 Å². The molecule has 0 aliphatic heterocycles. The Morgan fingerprint density at radius 3 is 2.94 bits per heavy atom. The molecule has 0 aromatic carbocycles. The Bertz CT molecular complexity index is 539. The van der Waals surface area contributed by atoms with E-state index in [1.807, 2.05) is 0 Å². The molecule has 2 heterocycles. The lowest BCUT2D eigenvalue weighted by atomic mass is 10.2. The first-order valence-electron chi connectivity index (χ1n) is 4.81. The van der Waals surface area contributed by atoms with Crippen LogP contribution in [0.5, 0.6) is 0 Å². The molecule has 0 radical (unpaired) electrons. The number of hydrogen-bond acceptors (Lipinski definition) is 4. The first-order valence-corrected chi connectivity index (χ1v) is 5.60. The topological polar surface area (TPSA) is 75.4 Å². The van der Waals surface area contributed by atoms with E-state index < -0.39 is 5.91 Å². The smallest absolute Gasteiger partial charge is 0.291 e. The molecule has 0 unspecified atom stereocenters. The molecule has 17 heavy (non-hydrogen) atoms. The van der Waals surface area contributed by atoms with E-state index in [0.717, 1.165) is 0 Å². The van der Waals surface area contributed by atoms with Crippen molar-refractivity contribution in [2.75, 3.05) is 5.32 Å². The second-order valence-electron chi connectivity index (χ2n) is 3.25. The van der Waals surface area contributed by atoms with E-state index in [2.05, 4.69) is 26.2 Å². The summed E-state index contributed by atoms with van der Waals surface area (Å²) in [7, 11) is 0. The molecule has 6 heteroatoms. The zero-order valence-corrected chi connectivity index (χ0v) is 10.3. The van der Waals surface area contributed by atoms with Crippen molar-refractivity contribution in [3.8, 4) is 0 Å². The Balaban J connectivity index is 2.18. The maximum absolute atomic E-state index is 11.8. The number of pyridine rings is 1. The molecule has 0 bridgehead atoms. The van der Waals surface area contributed by atoms with Crippen LogP contribution in [0.2, 0.25) is 0 Å².